The van der Waals surface area contributed by atoms with Gasteiger partial charge < -0.3 is 9.47 Å². The first-order valence-corrected chi connectivity index (χ1v) is 10.8. The fourth-order valence-electron chi connectivity index (χ4n) is 3.45. The fraction of sp³-hybridized carbons (Fsp3) is 0.391. The van der Waals surface area contributed by atoms with Gasteiger partial charge in [0.1, 0.15) is 5.82 Å². The lowest BCUT2D eigenvalue weighted by Gasteiger charge is -2.25. The van der Waals surface area contributed by atoms with E-state index in [9.17, 15) is 4.79 Å². The lowest BCUT2D eigenvalue weighted by molar-refractivity contribution is 0.0716. The molecule has 3 rings (SSSR count). The first-order chi connectivity index (χ1) is 13.5. The Morgan fingerprint density at radius 1 is 1.18 bits per heavy atom. The van der Waals surface area contributed by atoms with E-state index in [-0.39, 0.29) is 5.91 Å². The van der Waals surface area contributed by atoms with Crippen LogP contribution in [0.25, 0.3) is 11.0 Å². The van der Waals surface area contributed by atoms with E-state index in [2.05, 4.69) is 53.4 Å². The first-order valence-electron chi connectivity index (χ1n) is 9.98. The number of rotatable bonds is 8. The summed E-state index contributed by atoms with van der Waals surface area (Å²) in [7, 11) is 0. The number of nitrogens with zero attached hydrogens (tertiary/aromatic N) is 3. The number of para-hydroxylation sites is 2. The van der Waals surface area contributed by atoms with E-state index in [1.165, 1.54) is 0 Å². The van der Waals surface area contributed by atoms with Crippen molar-refractivity contribution in [2.45, 2.75) is 46.7 Å². The molecule has 0 aliphatic carbocycles. The molecule has 3 aromatic rings. The Morgan fingerprint density at radius 3 is 2.68 bits per heavy atom. The number of fused-ring (bicyclic) bond motifs is 1. The van der Waals surface area contributed by atoms with E-state index in [1.54, 1.807) is 0 Å². The highest BCUT2D eigenvalue weighted by Crippen LogP contribution is 2.21. The van der Waals surface area contributed by atoms with Gasteiger partial charge in [-0.3, -0.25) is 4.79 Å². The third-order valence-corrected chi connectivity index (χ3v) is 5.24. The standard InChI is InChI=1S/C23H28BrN3O/c1-4-5-13-27-21-12-7-6-11-20(21)25-22(27)16-26(15-17(2)3)23(28)18-9-8-10-19(24)14-18/h6-12,14,17H,4-5,13,15-16H2,1-3H3. The quantitative estimate of drug-likeness (QED) is 0.436. The van der Waals surface area contributed by atoms with Crippen LogP contribution < -0.4 is 0 Å². The summed E-state index contributed by atoms with van der Waals surface area (Å²) in [5.74, 6) is 1.38. The van der Waals surface area contributed by atoms with Crippen LogP contribution in [0.2, 0.25) is 0 Å². The molecule has 0 unspecified atom stereocenters. The Hall–Kier alpha value is -2.14. The van der Waals surface area contributed by atoms with Crippen molar-refractivity contribution in [1.82, 2.24) is 14.5 Å². The van der Waals surface area contributed by atoms with Crippen molar-refractivity contribution in [3.8, 4) is 0 Å². The predicted octanol–water partition coefficient (Wildman–Crippen LogP) is 5.90. The second-order valence-electron chi connectivity index (χ2n) is 7.61. The monoisotopic (exact) mass is 441 g/mol. The largest absolute Gasteiger partial charge is 0.331 e. The number of aryl methyl sites for hydroxylation is 1. The minimum atomic E-state index is 0.0455. The van der Waals surface area contributed by atoms with Crippen molar-refractivity contribution in [1.29, 1.82) is 0 Å². The van der Waals surface area contributed by atoms with Gasteiger partial charge in [-0.05, 0) is 42.7 Å². The highest BCUT2D eigenvalue weighted by molar-refractivity contribution is 9.10. The molecule has 0 radical (unpaired) electrons. The van der Waals surface area contributed by atoms with Crippen molar-refractivity contribution in [3.05, 3.63) is 64.4 Å². The highest BCUT2D eigenvalue weighted by Gasteiger charge is 2.21. The van der Waals surface area contributed by atoms with E-state index >= 15 is 0 Å². The van der Waals surface area contributed by atoms with Crippen LogP contribution in [0.4, 0.5) is 0 Å². The molecule has 1 amide bonds. The average molecular weight is 442 g/mol. The fourth-order valence-corrected chi connectivity index (χ4v) is 3.85. The number of aromatic nitrogens is 2. The zero-order valence-corrected chi connectivity index (χ0v) is 18.4. The number of imidazole rings is 1. The molecule has 28 heavy (non-hydrogen) atoms. The van der Waals surface area contributed by atoms with Gasteiger partial charge in [0.15, 0.2) is 0 Å². The molecule has 1 heterocycles. The first kappa shape index (κ1) is 20.6. The Bertz CT molecular complexity index is 948. The number of benzene rings is 2. The van der Waals surface area contributed by atoms with E-state index in [0.717, 1.165) is 40.7 Å². The number of halogens is 1. The topological polar surface area (TPSA) is 38.1 Å². The maximum Gasteiger partial charge on any atom is 0.254 e. The van der Waals surface area contributed by atoms with Gasteiger partial charge in [0.25, 0.3) is 5.91 Å². The van der Waals surface area contributed by atoms with Gasteiger partial charge in [0.2, 0.25) is 0 Å². The molecule has 0 aliphatic rings. The van der Waals surface area contributed by atoms with E-state index in [4.69, 9.17) is 4.98 Å². The summed E-state index contributed by atoms with van der Waals surface area (Å²) in [5, 5.41) is 0. The van der Waals surface area contributed by atoms with Gasteiger partial charge in [-0.1, -0.05) is 61.3 Å². The number of hydrogen-bond acceptors (Lipinski definition) is 2. The van der Waals surface area contributed by atoms with Gasteiger partial charge in [0.05, 0.1) is 17.6 Å². The predicted molar refractivity (Wildman–Crippen MR) is 118 cm³/mol. The third-order valence-electron chi connectivity index (χ3n) is 4.75. The summed E-state index contributed by atoms with van der Waals surface area (Å²) < 4.78 is 3.19. The molecule has 0 saturated carbocycles. The summed E-state index contributed by atoms with van der Waals surface area (Å²) in [6.45, 7) is 8.61. The van der Waals surface area contributed by atoms with Crippen LogP contribution in [0.15, 0.2) is 53.0 Å². The molecular formula is C23H28BrN3O. The molecule has 1 aromatic heterocycles. The van der Waals surface area contributed by atoms with Crippen LogP contribution in [0.5, 0.6) is 0 Å². The number of unbranched alkanes of at least 4 members (excludes halogenated alkanes) is 1. The molecule has 0 N–H and O–H groups in total. The molecule has 0 saturated heterocycles. The second kappa shape index (κ2) is 9.37. The van der Waals surface area contributed by atoms with E-state index in [0.29, 0.717) is 24.6 Å². The minimum absolute atomic E-state index is 0.0455. The van der Waals surface area contributed by atoms with Crippen LogP contribution in [-0.2, 0) is 13.1 Å². The van der Waals surface area contributed by atoms with Crippen molar-refractivity contribution >= 4 is 32.9 Å². The van der Waals surface area contributed by atoms with Gasteiger partial charge in [-0.2, -0.15) is 0 Å². The lowest BCUT2D eigenvalue weighted by Crippen LogP contribution is -2.34. The summed E-state index contributed by atoms with van der Waals surface area (Å²) in [4.78, 5) is 20.0. The Morgan fingerprint density at radius 2 is 1.96 bits per heavy atom. The normalized spacial score (nSPS) is 11.3. The number of hydrogen-bond donors (Lipinski definition) is 0. The van der Waals surface area contributed by atoms with Crippen LogP contribution >= 0.6 is 15.9 Å². The van der Waals surface area contributed by atoms with Crippen molar-refractivity contribution in [3.63, 3.8) is 0 Å². The summed E-state index contributed by atoms with van der Waals surface area (Å²) in [6.07, 6.45) is 2.22. The number of carbonyl (C=O) groups is 1. The number of carbonyl (C=O) groups excluding carboxylic acids is 1. The van der Waals surface area contributed by atoms with Crippen molar-refractivity contribution < 1.29 is 4.79 Å². The Balaban J connectivity index is 1.95. The third kappa shape index (κ3) is 4.82. The van der Waals surface area contributed by atoms with Crippen LogP contribution in [0.1, 0.15) is 49.8 Å². The molecule has 0 bridgehead atoms. The maximum atomic E-state index is 13.2. The van der Waals surface area contributed by atoms with Gasteiger partial charge >= 0.3 is 0 Å². The molecule has 5 heteroatoms. The average Bonchev–Trinajstić information content (AvgIpc) is 3.02. The Kier molecular flexibility index (Phi) is 6.89. The zero-order chi connectivity index (χ0) is 20.1. The second-order valence-corrected chi connectivity index (χ2v) is 8.53. The maximum absolute atomic E-state index is 13.2. The van der Waals surface area contributed by atoms with Crippen LogP contribution in [-0.4, -0.2) is 26.9 Å². The molecule has 0 spiro atoms. The van der Waals surface area contributed by atoms with Crippen LogP contribution in [0.3, 0.4) is 0 Å². The van der Waals surface area contributed by atoms with Crippen molar-refractivity contribution in [2.75, 3.05) is 6.54 Å². The molecular weight excluding hydrogens is 414 g/mol. The summed E-state index contributed by atoms with van der Waals surface area (Å²) >= 11 is 3.47. The SMILES string of the molecule is CCCCn1c(CN(CC(C)C)C(=O)c2cccc(Br)c2)nc2ccccc21. The smallest absolute Gasteiger partial charge is 0.254 e. The van der Waals surface area contributed by atoms with E-state index in [1.807, 2.05) is 41.3 Å². The minimum Gasteiger partial charge on any atom is -0.331 e. The van der Waals surface area contributed by atoms with Gasteiger partial charge in [-0.25, -0.2) is 4.98 Å². The van der Waals surface area contributed by atoms with Gasteiger partial charge in [0, 0.05) is 23.1 Å². The Labute approximate surface area is 175 Å². The molecule has 148 valence electrons. The van der Waals surface area contributed by atoms with Crippen molar-refractivity contribution in [2.24, 2.45) is 5.92 Å². The summed E-state index contributed by atoms with van der Waals surface area (Å²) in [5.41, 5.74) is 2.84. The summed E-state index contributed by atoms with van der Waals surface area (Å²) in [6, 6.07) is 15.8. The molecule has 0 atom stereocenters. The van der Waals surface area contributed by atoms with E-state index < -0.39 is 0 Å². The zero-order valence-electron chi connectivity index (χ0n) is 16.9. The molecule has 4 nitrogen and oxygen atoms in total. The molecule has 0 fully saturated rings. The highest BCUT2D eigenvalue weighted by atomic mass is 79.9. The van der Waals surface area contributed by atoms with Gasteiger partial charge in [-0.15, -0.1) is 0 Å². The molecule has 0 aliphatic heterocycles. The van der Waals surface area contributed by atoms with Crippen LogP contribution in [0, 0.1) is 5.92 Å². The number of amides is 1. The lowest BCUT2D eigenvalue weighted by atomic mass is 10.1. The molecule has 2 aromatic carbocycles.